The lowest BCUT2D eigenvalue weighted by molar-refractivity contribution is 0.102. The summed E-state index contributed by atoms with van der Waals surface area (Å²) in [6.45, 7) is 1.57. The number of carbonyl (C=O) groups excluding carboxylic acids is 1. The number of hydrogen-bond donors (Lipinski definition) is 5. The molecule has 1 amide bonds. The number of anilines is 2. The van der Waals surface area contributed by atoms with E-state index >= 15 is 0 Å². The SMILES string of the molecule is Cc1[nH]c(=O)nc(N/N=C\c2ccc(O)cc2)c1C(=O)Nc1ccc(O)cc1. The lowest BCUT2D eigenvalue weighted by atomic mass is 10.2. The van der Waals surface area contributed by atoms with Gasteiger partial charge in [-0.05, 0) is 61.0 Å². The van der Waals surface area contributed by atoms with Crippen LogP contribution in [0.5, 0.6) is 11.5 Å². The highest BCUT2D eigenvalue weighted by Crippen LogP contribution is 2.18. The van der Waals surface area contributed by atoms with Crippen LogP contribution in [0.3, 0.4) is 0 Å². The Bertz CT molecular complexity index is 1070. The van der Waals surface area contributed by atoms with Gasteiger partial charge in [0.2, 0.25) is 0 Å². The molecule has 0 atom stereocenters. The van der Waals surface area contributed by atoms with E-state index in [1.807, 2.05) is 0 Å². The fourth-order valence-corrected chi connectivity index (χ4v) is 2.41. The summed E-state index contributed by atoms with van der Waals surface area (Å²) in [5.41, 5.74) is 3.58. The maximum Gasteiger partial charge on any atom is 0.347 e. The number of carbonyl (C=O) groups is 1. The molecular formula is C19H17N5O4. The number of nitrogens with one attached hydrogen (secondary N) is 3. The predicted octanol–water partition coefficient (Wildman–Crippen LogP) is 2.19. The van der Waals surface area contributed by atoms with Crippen molar-refractivity contribution in [2.45, 2.75) is 6.92 Å². The zero-order valence-corrected chi connectivity index (χ0v) is 14.8. The minimum atomic E-state index is -0.624. The molecule has 1 heterocycles. The number of hydrazone groups is 1. The molecule has 9 heteroatoms. The third kappa shape index (κ3) is 4.52. The number of aryl methyl sites for hydroxylation is 1. The number of nitrogens with zero attached hydrogens (tertiary/aromatic N) is 2. The van der Waals surface area contributed by atoms with E-state index in [1.165, 1.54) is 42.6 Å². The molecule has 0 aliphatic rings. The largest absolute Gasteiger partial charge is 0.508 e. The average Bonchev–Trinajstić information content (AvgIpc) is 2.64. The normalized spacial score (nSPS) is 10.8. The molecule has 28 heavy (non-hydrogen) atoms. The van der Waals surface area contributed by atoms with Gasteiger partial charge >= 0.3 is 5.69 Å². The van der Waals surface area contributed by atoms with Crippen LogP contribution < -0.4 is 16.4 Å². The van der Waals surface area contributed by atoms with Crippen LogP contribution in [0.2, 0.25) is 0 Å². The second-order valence-electron chi connectivity index (χ2n) is 5.85. The van der Waals surface area contributed by atoms with Crippen molar-refractivity contribution in [2.24, 2.45) is 5.10 Å². The maximum atomic E-state index is 12.7. The molecule has 0 fully saturated rings. The van der Waals surface area contributed by atoms with E-state index in [1.54, 1.807) is 19.1 Å². The topological polar surface area (TPSA) is 140 Å². The second-order valence-corrected chi connectivity index (χ2v) is 5.85. The third-order valence-corrected chi connectivity index (χ3v) is 3.75. The summed E-state index contributed by atoms with van der Waals surface area (Å²) in [7, 11) is 0. The molecule has 0 spiro atoms. The lowest BCUT2D eigenvalue weighted by Crippen LogP contribution is -2.22. The van der Waals surface area contributed by atoms with Crippen LogP contribution in [0.15, 0.2) is 58.4 Å². The van der Waals surface area contributed by atoms with E-state index in [2.05, 4.69) is 25.8 Å². The number of H-pyrrole nitrogens is 1. The Balaban J connectivity index is 1.84. The van der Waals surface area contributed by atoms with Crippen molar-refractivity contribution < 1.29 is 15.0 Å². The highest BCUT2D eigenvalue weighted by Gasteiger charge is 2.17. The van der Waals surface area contributed by atoms with Gasteiger partial charge in [-0.15, -0.1) is 0 Å². The molecular weight excluding hydrogens is 362 g/mol. The van der Waals surface area contributed by atoms with Gasteiger partial charge in [-0.3, -0.25) is 10.2 Å². The molecule has 0 aliphatic carbocycles. The van der Waals surface area contributed by atoms with Gasteiger partial charge < -0.3 is 20.5 Å². The van der Waals surface area contributed by atoms with Gasteiger partial charge in [-0.2, -0.15) is 10.1 Å². The van der Waals surface area contributed by atoms with Gasteiger partial charge in [0.25, 0.3) is 5.91 Å². The summed E-state index contributed by atoms with van der Waals surface area (Å²) in [5.74, 6) is -0.308. The highest BCUT2D eigenvalue weighted by atomic mass is 16.3. The van der Waals surface area contributed by atoms with Crippen LogP contribution in [0, 0.1) is 6.92 Å². The molecule has 0 saturated heterocycles. The molecule has 0 saturated carbocycles. The number of phenolic OH excluding ortho intramolecular Hbond substituents is 2. The van der Waals surface area contributed by atoms with Crippen molar-refractivity contribution in [3.63, 3.8) is 0 Å². The van der Waals surface area contributed by atoms with Crippen molar-refractivity contribution in [1.29, 1.82) is 0 Å². The van der Waals surface area contributed by atoms with E-state index in [9.17, 15) is 19.8 Å². The number of amides is 1. The summed E-state index contributed by atoms with van der Waals surface area (Å²) in [6, 6.07) is 12.3. The first kappa shape index (κ1) is 18.6. The number of aromatic amines is 1. The van der Waals surface area contributed by atoms with Crippen LogP contribution in [0.4, 0.5) is 11.5 Å². The van der Waals surface area contributed by atoms with E-state index in [0.29, 0.717) is 16.9 Å². The molecule has 9 nitrogen and oxygen atoms in total. The molecule has 0 unspecified atom stereocenters. The van der Waals surface area contributed by atoms with E-state index in [4.69, 9.17) is 0 Å². The average molecular weight is 379 g/mol. The highest BCUT2D eigenvalue weighted by molar-refractivity contribution is 6.08. The zero-order chi connectivity index (χ0) is 20.1. The number of benzene rings is 2. The van der Waals surface area contributed by atoms with Gasteiger partial charge in [0.05, 0.1) is 6.21 Å². The van der Waals surface area contributed by atoms with E-state index < -0.39 is 11.6 Å². The standard InChI is InChI=1S/C19H17N5O4/c1-11-16(18(27)22-13-4-8-15(26)9-5-13)17(23-19(28)21-11)24-20-10-12-2-6-14(25)7-3-12/h2-10,25-26H,1H3,(H,22,27)(H2,21,23,24,28)/b20-10-. The third-order valence-electron chi connectivity index (χ3n) is 3.75. The summed E-state index contributed by atoms with van der Waals surface area (Å²) in [6.07, 6.45) is 1.46. The van der Waals surface area contributed by atoms with E-state index in [0.717, 1.165) is 0 Å². The minimum Gasteiger partial charge on any atom is -0.508 e. The van der Waals surface area contributed by atoms with Crippen LogP contribution >= 0.6 is 0 Å². The number of aromatic nitrogens is 2. The summed E-state index contributed by atoms with van der Waals surface area (Å²) in [4.78, 5) is 30.6. The van der Waals surface area contributed by atoms with Crippen LogP contribution in [0.25, 0.3) is 0 Å². The molecule has 0 aliphatic heterocycles. The van der Waals surface area contributed by atoms with Crippen LogP contribution in [0.1, 0.15) is 21.6 Å². The monoisotopic (exact) mass is 379 g/mol. The van der Waals surface area contributed by atoms with Crippen LogP contribution in [-0.4, -0.2) is 32.3 Å². The Morgan fingerprint density at radius 2 is 1.68 bits per heavy atom. The van der Waals surface area contributed by atoms with Crippen LogP contribution in [-0.2, 0) is 0 Å². The Labute approximate surface area is 159 Å². The first-order chi connectivity index (χ1) is 13.4. The van der Waals surface area contributed by atoms with Crippen molar-refractivity contribution >= 4 is 23.6 Å². The minimum absolute atomic E-state index is 0.00689. The fraction of sp³-hybridized carbons (Fsp3) is 0.0526. The molecule has 0 radical (unpaired) electrons. The van der Waals surface area contributed by atoms with Crippen molar-refractivity contribution in [1.82, 2.24) is 9.97 Å². The number of hydrogen-bond acceptors (Lipinski definition) is 7. The Morgan fingerprint density at radius 1 is 1.07 bits per heavy atom. The zero-order valence-electron chi connectivity index (χ0n) is 14.8. The number of aromatic hydroxyl groups is 2. The Morgan fingerprint density at radius 3 is 2.32 bits per heavy atom. The van der Waals surface area contributed by atoms with Crippen molar-refractivity contribution in [2.75, 3.05) is 10.7 Å². The summed E-state index contributed by atoms with van der Waals surface area (Å²) in [5, 5.41) is 25.3. The number of phenols is 2. The van der Waals surface area contributed by atoms with Gasteiger partial charge in [0.1, 0.15) is 17.1 Å². The summed E-state index contributed by atoms with van der Waals surface area (Å²) < 4.78 is 0. The first-order valence-electron chi connectivity index (χ1n) is 8.22. The lowest BCUT2D eigenvalue weighted by Gasteiger charge is -2.11. The Hall–Kier alpha value is -4.14. The summed E-state index contributed by atoms with van der Waals surface area (Å²) >= 11 is 0. The molecule has 142 valence electrons. The predicted molar refractivity (Wildman–Crippen MR) is 105 cm³/mol. The molecule has 2 aromatic carbocycles. The van der Waals surface area contributed by atoms with Gasteiger partial charge in [-0.25, -0.2) is 4.79 Å². The smallest absolute Gasteiger partial charge is 0.347 e. The van der Waals surface area contributed by atoms with Gasteiger partial charge in [0, 0.05) is 11.4 Å². The quantitative estimate of drug-likeness (QED) is 0.261. The maximum absolute atomic E-state index is 12.7. The molecule has 3 aromatic rings. The van der Waals surface area contributed by atoms with Gasteiger partial charge in [-0.1, -0.05) is 0 Å². The molecule has 0 bridgehead atoms. The molecule has 1 aromatic heterocycles. The first-order valence-corrected chi connectivity index (χ1v) is 8.22. The molecule has 5 N–H and O–H groups in total. The van der Waals surface area contributed by atoms with Crippen molar-refractivity contribution in [3.05, 3.63) is 75.8 Å². The van der Waals surface area contributed by atoms with Crippen molar-refractivity contribution in [3.8, 4) is 11.5 Å². The second kappa shape index (κ2) is 8.04. The Kier molecular flexibility index (Phi) is 5.35. The molecule has 3 rings (SSSR count). The fourth-order valence-electron chi connectivity index (χ4n) is 2.41. The van der Waals surface area contributed by atoms with Gasteiger partial charge in [0.15, 0.2) is 5.82 Å². The number of rotatable bonds is 5. The van der Waals surface area contributed by atoms with E-state index in [-0.39, 0.29) is 22.9 Å².